The van der Waals surface area contributed by atoms with E-state index in [1.54, 1.807) is 11.3 Å². The molecule has 1 saturated heterocycles. The molecule has 2 rings (SSSR count). The number of hydrogen-bond donors (Lipinski definition) is 1. The molecule has 1 N–H and O–H groups in total. The third-order valence-corrected chi connectivity index (χ3v) is 7.53. The van der Waals surface area contributed by atoms with Crippen molar-refractivity contribution >= 4 is 34.9 Å². The summed E-state index contributed by atoms with van der Waals surface area (Å²) in [6, 6.07) is 4.16. The van der Waals surface area contributed by atoms with E-state index in [0.717, 1.165) is 10.6 Å². The van der Waals surface area contributed by atoms with E-state index in [9.17, 15) is 5.11 Å². The summed E-state index contributed by atoms with van der Waals surface area (Å²) >= 11 is 5.65. The molecule has 0 aliphatic carbocycles. The van der Waals surface area contributed by atoms with Crippen molar-refractivity contribution in [1.29, 1.82) is 0 Å². The summed E-state index contributed by atoms with van der Waals surface area (Å²) in [5.41, 5.74) is 0. The Balaban J connectivity index is 2.02. The van der Waals surface area contributed by atoms with Gasteiger partial charge in [-0.05, 0) is 19.1 Å². The number of aliphatic hydroxyl groups is 1. The van der Waals surface area contributed by atoms with Crippen LogP contribution in [0.25, 0.3) is 0 Å². The van der Waals surface area contributed by atoms with Crippen LogP contribution in [0, 0.1) is 6.92 Å². The quantitative estimate of drug-likeness (QED) is 0.887. The highest BCUT2D eigenvalue weighted by atomic mass is 32.2. The van der Waals surface area contributed by atoms with Gasteiger partial charge in [0.15, 0.2) is 0 Å². The minimum Gasteiger partial charge on any atom is -0.386 e. The molecule has 4 atom stereocenters. The van der Waals surface area contributed by atoms with E-state index in [1.165, 1.54) is 4.88 Å². The maximum atomic E-state index is 10.3. The minimum absolute atomic E-state index is 0.286. The van der Waals surface area contributed by atoms with Crippen molar-refractivity contribution in [2.75, 3.05) is 5.75 Å². The Bertz CT molecular complexity index is 350. The molecule has 4 heteroatoms. The lowest BCUT2D eigenvalue weighted by Gasteiger charge is -2.33. The Hall–Kier alpha value is 0.360. The maximum absolute atomic E-state index is 10.3. The van der Waals surface area contributed by atoms with Crippen LogP contribution in [0.5, 0.6) is 0 Å². The number of aliphatic hydroxyl groups excluding tert-OH is 1. The number of thiophene rings is 1. The summed E-state index contributed by atoms with van der Waals surface area (Å²) < 4.78 is 0. The zero-order valence-electron chi connectivity index (χ0n) is 9.84. The molecule has 1 aromatic rings. The average Bonchev–Trinajstić information content (AvgIpc) is 2.68. The highest BCUT2D eigenvalue weighted by molar-refractivity contribution is 8.07. The van der Waals surface area contributed by atoms with Crippen molar-refractivity contribution in [2.45, 2.75) is 42.6 Å². The standard InChI is InChI=1S/C12H18OS3/c1-7-4-5-10(15-7)12(13)11-6-14-8(2)9(3)16-11/h4-5,8-9,11-13H,6H2,1-3H3. The Morgan fingerprint density at radius 2 is 2.06 bits per heavy atom. The molecule has 1 nitrogen and oxygen atoms in total. The fourth-order valence-corrected chi connectivity index (χ4v) is 5.78. The van der Waals surface area contributed by atoms with E-state index in [4.69, 9.17) is 0 Å². The summed E-state index contributed by atoms with van der Waals surface area (Å²) in [4.78, 5) is 2.40. The highest BCUT2D eigenvalue weighted by Gasteiger charge is 2.31. The SMILES string of the molecule is Cc1ccc(C(O)C2CSC(C)C(C)S2)s1. The van der Waals surface area contributed by atoms with Crippen LogP contribution in [0.3, 0.4) is 0 Å². The molecule has 16 heavy (non-hydrogen) atoms. The molecule has 0 spiro atoms. The van der Waals surface area contributed by atoms with Gasteiger partial charge in [0, 0.05) is 31.3 Å². The lowest BCUT2D eigenvalue weighted by atomic mass is 10.2. The number of hydrogen-bond acceptors (Lipinski definition) is 4. The van der Waals surface area contributed by atoms with E-state index in [2.05, 4.69) is 32.9 Å². The Kier molecular flexibility index (Phi) is 4.27. The molecule has 2 heterocycles. The first-order chi connectivity index (χ1) is 7.58. The van der Waals surface area contributed by atoms with Crippen LogP contribution in [0.4, 0.5) is 0 Å². The number of aryl methyl sites for hydroxylation is 1. The third-order valence-electron chi connectivity index (χ3n) is 2.98. The molecule has 1 aliphatic heterocycles. The number of rotatable bonds is 2. The Labute approximate surface area is 110 Å². The zero-order chi connectivity index (χ0) is 11.7. The molecule has 0 radical (unpaired) electrons. The molecule has 0 bridgehead atoms. The second kappa shape index (κ2) is 5.34. The van der Waals surface area contributed by atoms with Gasteiger partial charge in [-0.3, -0.25) is 0 Å². The molecule has 0 saturated carbocycles. The third kappa shape index (κ3) is 2.78. The van der Waals surface area contributed by atoms with Gasteiger partial charge in [0.2, 0.25) is 0 Å². The largest absolute Gasteiger partial charge is 0.386 e. The van der Waals surface area contributed by atoms with Crippen LogP contribution >= 0.6 is 34.9 Å². The topological polar surface area (TPSA) is 20.2 Å². The van der Waals surface area contributed by atoms with Crippen molar-refractivity contribution in [3.63, 3.8) is 0 Å². The molecule has 0 aromatic carbocycles. The normalized spacial score (nSPS) is 32.6. The minimum atomic E-state index is -0.286. The molecular weight excluding hydrogens is 256 g/mol. The van der Waals surface area contributed by atoms with Gasteiger partial charge in [-0.2, -0.15) is 23.5 Å². The maximum Gasteiger partial charge on any atom is 0.101 e. The fraction of sp³-hybridized carbons (Fsp3) is 0.667. The van der Waals surface area contributed by atoms with Crippen molar-refractivity contribution in [3.8, 4) is 0 Å². The monoisotopic (exact) mass is 274 g/mol. The smallest absolute Gasteiger partial charge is 0.101 e. The first-order valence-corrected chi connectivity index (χ1v) is 8.40. The Morgan fingerprint density at radius 1 is 1.31 bits per heavy atom. The van der Waals surface area contributed by atoms with E-state index >= 15 is 0 Å². The van der Waals surface area contributed by atoms with Gasteiger partial charge >= 0.3 is 0 Å². The molecule has 0 amide bonds. The van der Waals surface area contributed by atoms with E-state index in [-0.39, 0.29) is 6.10 Å². The van der Waals surface area contributed by atoms with Gasteiger partial charge in [0.25, 0.3) is 0 Å². The molecule has 1 aromatic heterocycles. The van der Waals surface area contributed by atoms with Crippen LogP contribution in [0.15, 0.2) is 12.1 Å². The summed E-state index contributed by atoms with van der Waals surface area (Å²) in [6.45, 7) is 6.63. The van der Waals surface area contributed by atoms with Crippen molar-refractivity contribution < 1.29 is 5.11 Å². The summed E-state index contributed by atoms with van der Waals surface area (Å²) in [5.74, 6) is 1.06. The van der Waals surface area contributed by atoms with Gasteiger partial charge in [-0.15, -0.1) is 11.3 Å². The molecule has 1 fully saturated rings. The predicted molar refractivity (Wildman–Crippen MR) is 76.8 cm³/mol. The molecule has 1 aliphatic rings. The first-order valence-electron chi connectivity index (χ1n) is 5.59. The lowest BCUT2D eigenvalue weighted by molar-refractivity contribution is 0.184. The molecule has 90 valence electrons. The van der Waals surface area contributed by atoms with Crippen molar-refractivity contribution in [1.82, 2.24) is 0 Å². The van der Waals surface area contributed by atoms with Crippen molar-refractivity contribution in [2.24, 2.45) is 0 Å². The van der Waals surface area contributed by atoms with E-state index in [0.29, 0.717) is 15.7 Å². The summed E-state index contributed by atoms with van der Waals surface area (Å²) in [7, 11) is 0. The summed E-state index contributed by atoms with van der Waals surface area (Å²) in [5, 5.41) is 12.0. The average molecular weight is 274 g/mol. The van der Waals surface area contributed by atoms with Crippen molar-refractivity contribution in [3.05, 3.63) is 21.9 Å². The van der Waals surface area contributed by atoms with Crippen LogP contribution in [0.2, 0.25) is 0 Å². The van der Waals surface area contributed by atoms with E-state index in [1.807, 2.05) is 23.5 Å². The van der Waals surface area contributed by atoms with Gasteiger partial charge in [-0.1, -0.05) is 13.8 Å². The second-order valence-electron chi connectivity index (χ2n) is 4.31. The fourth-order valence-electron chi connectivity index (χ4n) is 1.77. The first kappa shape index (κ1) is 12.8. The summed E-state index contributed by atoms with van der Waals surface area (Å²) in [6.07, 6.45) is -0.286. The van der Waals surface area contributed by atoms with Gasteiger partial charge in [0.05, 0.1) is 0 Å². The van der Waals surface area contributed by atoms with Gasteiger partial charge < -0.3 is 5.11 Å². The van der Waals surface area contributed by atoms with Gasteiger partial charge in [0.1, 0.15) is 6.10 Å². The highest BCUT2D eigenvalue weighted by Crippen LogP contribution is 2.42. The predicted octanol–water partition coefficient (Wildman–Crippen LogP) is 3.72. The number of thioether (sulfide) groups is 2. The van der Waals surface area contributed by atoms with Crippen LogP contribution in [0.1, 0.15) is 29.7 Å². The Morgan fingerprint density at radius 3 is 2.62 bits per heavy atom. The van der Waals surface area contributed by atoms with E-state index < -0.39 is 0 Å². The lowest BCUT2D eigenvalue weighted by Crippen LogP contribution is -2.30. The van der Waals surface area contributed by atoms with Gasteiger partial charge in [-0.25, -0.2) is 0 Å². The molecule has 4 unspecified atom stereocenters. The van der Waals surface area contributed by atoms with Crippen LogP contribution < -0.4 is 0 Å². The zero-order valence-corrected chi connectivity index (χ0v) is 12.3. The second-order valence-corrected chi connectivity index (χ2v) is 8.66. The van der Waals surface area contributed by atoms with Crippen LogP contribution in [-0.2, 0) is 0 Å². The van der Waals surface area contributed by atoms with Crippen LogP contribution in [-0.4, -0.2) is 26.6 Å². The molecular formula is C12H18OS3.